The second-order valence-electron chi connectivity index (χ2n) is 6.70. The smallest absolute Gasteiger partial charge is 0.406 e. The van der Waals surface area contributed by atoms with E-state index in [2.05, 4.69) is 15.4 Å². The maximum absolute atomic E-state index is 13.2. The van der Waals surface area contributed by atoms with Crippen LogP contribution in [-0.2, 0) is 15.1 Å². The number of imide groups is 1. The van der Waals surface area contributed by atoms with E-state index in [0.29, 0.717) is 4.90 Å². The number of benzene rings is 2. The van der Waals surface area contributed by atoms with E-state index in [1.165, 1.54) is 19.1 Å². The zero-order valence-electron chi connectivity index (χ0n) is 15.7. The summed E-state index contributed by atoms with van der Waals surface area (Å²) >= 11 is 0. The van der Waals surface area contributed by atoms with Gasteiger partial charge in [0.05, 0.1) is 0 Å². The third-order valence-electron chi connectivity index (χ3n) is 4.45. The number of nitrogens with one attached hydrogen (secondary N) is 2. The third kappa shape index (κ3) is 4.73. The van der Waals surface area contributed by atoms with E-state index in [1.54, 1.807) is 0 Å². The highest BCUT2D eigenvalue weighted by Gasteiger charge is 2.49. The van der Waals surface area contributed by atoms with Crippen molar-refractivity contribution < 1.29 is 41.1 Å². The monoisotopic (exact) mass is 443 g/mol. The Kier molecular flexibility index (Phi) is 5.57. The second-order valence-corrected chi connectivity index (χ2v) is 6.70. The maximum Gasteiger partial charge on any atom is 0.573 e. The quantitative estimate of drug-likeness (QED) is 0.549. The first-order valence-corrected chi connectivity index (χ1v) is 8.64. The fourth-order valence-electron chi connectivity index (χ4n) is 2.94. The van der Waals surface area contributed by atoms with Gasteiger partial charge in [-0.2, -0.15) is 0 Å². The van der Waals surface area contributed by atoms with Gasteiger partial charge in [-0.15, -0.1) is 13.2 Å². The number of urea groups is 1. The third-order valence-corrected chi connectivity index (χ3v) is 4.45. The maximum atomic E-state index is 13.2. The molecule has 0 saturated carbocycles. The summed E-state index contributed by atoms with van der Waals surface area (Å²) in [6.45, 7) is 0.592. The molecule has 1 aliphatic rings. The number of ether oxygens (including phenoxy) is 1. The molecule has 0 radical (unpaired) electrons. The molecule has 31 heavy (non-hydrogen) atoms. The Bertz CT molecular complexity index is 1040. The molecular weight excluding hydrogens is 429 g/mol. The molecule has 0 spiro atoms. The highest BCUT2D eigenvalue weighted by molar-refractivity contribution is 6.10. The molecular formula is C19H14F5N3O4. The fraction of sp³-hybridized carbons (Fsp3) is 0.211. The van der Waals surface area contributed by atoms with Gasteiger partial charge in [0.25, 0.3) is 5.91 Å². The van der Waals surface area contributed by atoms with E-state index in [9.17, 15) is 36.3 Å². The number of halogens is 5. The van der Waals surface area contributed by atoms with E-state index in [1.807, 2.05) is 0 Å². The Morgan fingerprint density at radius 3 is 2.32 bits per heavy atom. The number of amides is 4. The van der Waals surface area contributed by atoms with Gasteiger partial charge in [0.2, 0.25) is 5.91 Å². The number of hydrogen-bond donors (Lipinski definition) is 2. The minimum Gasteiger partial charge on any atom is -0.406 e. The van der Waals surface area contributed by atoms with Crippen LogP contribution in [0, 0.1) is 11.6 Å². The summed E-state index contributed by atoms with van der Waals surface area (Å²) < 4.78 is 66.8. The summed E-state index contributed by atoms with van der Waals surface area (Å²) in [6.07, 6.45) is -4.89. The molecule has 1 unspecified atom stereocenters. The van der Waals surface area contributed by atoms with E-state index in [-0.39, 0.29) is 11.3 Å². The molecule has 2 aromatic carbocycles. The van der Waals surface area contributed by atoms with Gasteiger partial charge in [-0.25, -0.2) is 13.6 Å². The highest BCUT2D eigenvalue weighted by Crippen LogP contribution is 2.31. The van der Waals surface area contributed by atoms with Gasteiger partial charge in [-0.05, 0) is 36.8 Å². The highest BCUT2D eigenvalue weighted by atomic mass is 19.4. The molecule has 12 heteroatoms. The van der Waals surface area contributed by atoms with E-state index in [4.69, 9.17) is 0 Å². The largest absolute Gasteiger partial charge is 0.573 e. The minimum absolute atomic E-state index is 0.0843. The van der Waals surface area contributed by atoms with Gasteiger partial charge in [0.1, 0.15) is 17.8 Å². The number of rotatable bonds is 5. The SMILES string of the molecule is CC1(c2ccc(OC(F)(F)F)cc2)NC(=O)N(CC(=O)Nc2ccc(F)c(F)c2)C1=O. The van der Waals surface area contributed by atoms with Gasteiger partial charge in [-0.1, -0.05) is 12.1 Å². The first-order valence-electron chi connectivity index (χ1n) is 8.64. The van der Waals surface area contributed by atoms with Crippen molar-refractivity contribution in [2.24, 2.45) is 0 Å². The average molecular weight is 443 g/mol. The molecule has 0 aromatic heterocycles. The predicted molar refractivity (Wildman–Crippen MR) is 95.7 cm³/mol. The lowest BCUT2D eigenvalue weighted by atomic mass is 9.92. The molecule has 1 aliphatic heterocycles. The lowest BCUT2D eigenvalue weighted by Crippen LogP contribution is -2.42. The van der Waals surface area contributed by atoms with Crippen LogP contribution in [0.15, 0.2) is 42.5 Å². The zero-order valence-corrected chi connectivity index (χ0v) is 15.7. The number of alkyl halides is 3. The standard InChI is InChI=1S/C19H14F5N3O4/c1-18(10-2-5-12(6-3-10)31-19(22,23)24)16(29)27(17(30)26-18)9-15(28)25-11-4-7-13(20)14(21)8-11/h2-8H,9H2,1H3,(H,25,28)(H,26,30). The van der Waals surface area contributed by atoms with E-state index >= 15 is 0 Å². The Morgan fingerprint density at radius 2 is 1.74 bits per heavy atom. The average Bonchev–Trinajstić information content (AvgIpc) is 2.88. The Morgan fingerprint density at radius 1 is 1.10 bits per heavy atom. The van der Waals surface area contributed by atoms with Crippen LogP contribution < -0.4 is 15.4 Å². The number of nitrogens with zero attached hydrogens (tertiary/aromatic N) is 1. The number of carbonyl (C=O) groups excluding carboxylic acids is 3. The number of carbonyl (C=O) groups is 3. The van der Waals surface area contributed by atoms with Crippen molar-refractivity contribution in [1.29, 1.82) is 0 Å². The molecule has 2 aromatic rings. The summed E-state index contributed by atoms with van der Waals surface area (Å²) in [5, 5.41) is 4.62. The first-order chi connectivity index (χ1) is 14.4. The topological polar surface area (TPSA) is 87.7 Å². The van der Waals surface area contributed by atoms with Gasteiger partial charge in [-0.3, -0.25) is 14.5 Å². The van der Waals surface area contributed by atoms with Crippen molar-refractivity contribution in [3.8, 4) is 5.75 Å². The summed E-state index contributed by atoms with van der Waals surface area (Å²) in [5.41, 5.74) is -1.57. The van der Waals surface area contributed by atoms with Crippen molar-refractivity contribution in [1.82, 2.24) is 10.2 Å². The van der Waals surface area contributed by atoms with Gasteiger partial charge >= 0.3 is 12.4 Å². The Balaban J connectivity index is 1.72. The minimum atomic E-state index is -4.89. The molecule has 3 rings (SSSR count). The van der Waals surface area contributed by atoms with Crippen LogP contribution in [0.2, 0.25) is 0 Å². The van der Waals surface area contributed by atoms with Crippen molar-refractivity contribution in [3.63, 3.8) is 0 Å². The number of hydrogen-bond acceptors (Lipinski definition) is 4. The second kappa shape index (κ2) is 7.85. The molecule has 164 valence electrons. The predicted octanol–water partition coefficient (Wildman–Crippen LogP) is 3.27. The Labute approximate surface area is 171 Å². The van der Waals surface area contributed by atoms with Gasteiger partial charge in [0, 0.05) is 11.8 Å². The first kappa shape index (κ1) is 22.0. The fourth-order valence-corrected chi connectivity index (χ4v) is 2.94. The molecule has 1 heterocycles. The molecule has 1 saturated heterocycles. The Hall–Kier alpha value is -3.70. The van der Waals surface area contributed by atoms with Crippen LogP contribution in [0.4, 0.5) is 32.4 Å². The van der Waals surface area contributed by atoms with Gasteiger partial charge < -0.3 is 15.4 Å². The van der Waals surface area contributed by atoms with Crippen LogP contribution in [0.3, 0.4) is 0 Å². The number of anilines is 1. The van der Waals surface area contributed by atoms with Crippen molar-refractivity contribution in [2.75, 3.05) is 11.9 Å². The van der Waals surface area contributed by atoms with E-state index in [0.717, 1.165) is 30.3 Å². The lowest BCUT2D eigenvalue weighted by molar-refractivity contribution is -0.274. The van der Waals surface area contributed by atoms with Crippen LogP contribution in [0.5, 0.6) is 5.75 Å². The van der Waals surface area contributed by atoms with Crippen molar-refractivity contribution in [2.45, 2.75) is 18.8 Å². The molecule has 1 fully saturated rings. The molecule has 0 bridgehead atoms. The lowest BCUT2D eigenvalue weighted by Gasteiger charge is -2.22. The molecule has 1 atom stereocenters. The summed E-state index contributed by atoms with van der Waals surface area (Å²) in [7, 11) is 0. The van der Waals surface area contributed by atoms with Crippen molar-refractivity contribution >= 4 is 23.5 Å². The van der Waals surface area contributed by atoms with Crippen LogP contribution in [0.1, 0.15) is 12.5 Å². The van der Waals surface area contributed by atoms with Crippen LogP contribution in [-0.4, -0.2) is 35.7 Å². The summed E-state index contributed by atoms with van der Waals surface area (Å²) in [4.78, 5) is 37.8. The normalized spacial score (nSPS) is 18.7. The zero-order chi connectivity index (χ0) is 23.0. The summed E-state index contributed by atoms with van der Waals surface area (Å²) in [5.74, 6) is -4.51. The van der Waals surface area contributed by atoms with Crippen LogP contribution >= 0.6 is 0 Å². The summed E-state index contributed by atoms with van der Waals surface area (Å²) in [6, 6.07) is 6.00. The van der Waals surface area contributed by atoms with Gasteiger partial charge in [0.15, 0.2) is 11.6 Å². The molecule has 0 aliphatic carbocycles. The molecule has 4 amide bonds. The molecule has 7 nitrogen and oxygen atoms in total. The van der Waals surface area contributed by atoms with Crippen molar-refractivity contribution in [3.05, 3.63) is 59.7 Å². The molecule has 2 N–H and O–H groups in total. The van der Waals surface area contributed by atoms with E-state index < -0.39 is 53.7 Å². The van der Waals surface area contributed by atoms with Crippen LogP contribution in [0.25, 0.3) is 0 Å².